The maximum absolute atomic E-state index is 12.7. The first-order valence-corrected chi connectivity index (χ1v) is 8.85. The number of hydrogen-bond acceptors (Lipinski definition) is 2. The van der Waals surface area contributed by atoms with Crippen molar-refractivity contribution in [1.82, 2.24) is 8.61 Å². The molecule has 2 unspecified atom stereocenters. The predicted molar refractivity (Wildman–Crippen MR) is 71.9 cm³/mol. The first-order valence-electron chi connectivity index (χ1n) is 7.02. The van der Waals surface area contributed by atoms with Gasteiger partial charge in [-0.05, 0) is 38.5 Å². The zero-order valence-corrected chi connectivity index (χ0v) is 12.2. The Hall–Kier alpha value is 0.160. The van der Waals surface area contributed by atoms with Crippen molar-refractivity contribution in [1.29, 1.82) is 0 Å². The number of piperidine rings is 2. The Morgan fingerprint density at radius 3 is 2.06 bits per heavy atom. The zero-order valence-electron chi connectivity index (χ0n) is 10.6. The van der Waals surface area contributed by atoms with Gasteiger partial charge in [0.15, 0.2) is 0 Å². The van der Waals surface area contributed by atoms with Crippen LogP contribution in [0.15, 0.2) is 0 Å². The number of fused-ring (bicyclic) bond motifs is 2. The van der Waals surface area contributed by atoms with Crippen molar-refractivity contribution in [3.63, 3.8) is 0 Å². The molecule has 2 atom stereocenters. The fraction of sp³-hybridized carbons (Fsp3) is 1.00. The molecule has 0 spiro atoms. The van der Waals surface area contributed by atoms with Crippen LogP contribution in [0.3, 0.4) is 0 Å². The monoisotopic (exact) mass is 292 g/mol. The van der Waals surface area contributed by atoms with Crippen LogP contribution in [-0.4, -0.2) is 47.6 Å². The Morgan fingerprint density at radius 2 is 1.50 bits per heavy atom. The van der Waals surface area contributed by atoms with Crippen LogP contribution in [0.4, 0.5) is 0 Å². The predicted octanol–water partition coefficient (Wildman–Crippen LogP) is 1.95. The summed E-state index contributed by atoms with van der Waals surface area (Å²) in [6.07, 6.45) is 6.78. The number of hydrogen-bond donors (Lipinski definition) is 0. The van der Waals surface area contributed by atoms with Gasteiger partial charge in [-0.3, -0.25) is 0 Å². The normalized spacial score (nSPS) is 39.1. The highest BCUT2D eigenvalue weighted by atomic mass is 35.5. The summed E-state index contributed by atoms with van der Waals surface area (Å²) >= 11 is 6.21. The minimum absolute atomic E-state index is 0.151. The number of alkyl halides is 1. The maximum atomic E-state index is 12.7. The van der Waals surface area contributed by atoms with E-state index in [0.717, 1.165) is 44.9 Å². The van der Waals surface area contributed by atoms with Gasteiger partial charge >= 0.3 is 0 Å². The highest BCUT2D eigenvalue weighted by Gasteiger charge is 2.48. The Morgan fingerprint density at radius 1 is 0.944 bits per heavy atom. The summed E-state index contributed by atoms with van der Waals surface area (Å²) in [6, 6.07) is 0.302. The molecule has 0 aliphatic carbocycles. The van der Waals surface area contributed by atoms with Crippen LogP contribution in [0.5, 0.6) is 0 Å². The highest BCUT2D eigenvalue weighted by molar-refractivity contribution is 7.86. The lowest BCUT2D eigenvalue weighted by Gasteiger charge is -2.39. The van der Waals surface area contributed by atoms with Gasteiger partial charge in [0.25, 0.3) is 10.2 Å². The second-order valence-electron chi connectivity index (χ2n) is 5.75. The molecule has 3 saturated heterocycles. The van der Waals surface area contributed by atoms with Crippen molar-refractivity contribution >= 4 is 21.8 Å². The molecule has 0 aromatic heterocycles. The van der Waals surface area contributed by atoms with E-state index in [4.69, 9.17) is 11.6 Å². The lowest BCUT2D eigenvalue weighted by Crippen LogP contribution is -2.53. The second-order valence-corrected chi connectivity index (χ2v) is 8.20. The van der Waals surface area contributed by atoms with Gasteiger partial charge in [0.2, 0.25) is 0 Å². The van der Waals surface area contributed by atoms with E-state index in [1.807, 2.05) is 0 Å². The Kier molecular flexibility index (Phi) is 3.60. The van der Waals surface area contributed by atoms with E-state index in [1.165, 1.54) is 0 Å². The first-order chi connectivity index (χ1) is 8.59. The third-order valence-electron chi connectivity index (χ3n) is 4.52. The van der Waals surface area contributed by atoms with Gasteiger partial charge in [0.05, 0.1) is 0 Å². The molecule has 3 aliphatic heterocycles. The zero-order chi connectivity index (χ0) is 12.8. The van der Waals surface area contributed by atoms with Crippen LogP contribution < -0.4 is 0 Å². The molecular formula is C12H21ClN2O2S. The van der Waals surface area contributed by atoms with Gasteiger partial charge in [0.1, 0.15) is 0 Å². The van der Waals surface area contributed by atoms with Gasteiger partial charge in [-0.2, -0.15) is 17.0 Å². The summed E-state index contributed by atoms with van der Waals surface area (Å²) in [5.41, 5.74) is 0. The number of rotatable bonds is 2. The van der Waals surface area contributed by atoms with Crippen LogP contribution in [-0.2, 0) is 10.2 Å². The molecule has 4 nitrogen and oxygen atoms in total. The molecule has 0 radical (unpaired) electrons. The van der Waals surface area contributed by atoms with Crippen molar-refractivity contribution < 1.29 is 8.42 Å². The van der Waals surface area contributed by atoms with Gasteiger partial charge in [-0.25, -0.2) is 0 Å². The molecule has 0 N–H and O–H groups in total. The smallest absolute Gasteiger partial charge is 0.195 e. The molecule has 18 heavy (non-hydrogen) atoms. The van der Waals surface area contributed by atoms with Crippen molar-refractivity contribution in [2.45, 2.75) is 62.4 Å². The quantitative estimate of drug-likeness (QED) is 0.730. The molecule has 3 heterocycles. The fourth-order valence-corrected chi connectivity index (χ4v) is 6.21. The Bertz CT molecular complexity index is 394. The first kappa shape index (κ1) is 13.2. The van der Waals surface area contributed by atoms with E-state index >= 15 is 0 Å². The molecule has 3 rings (SSSR count). The van der Waals surface area contributed by atoms with E-state index in [2.05, 4.69) is 0 Å². The lowest BCUT2D eigenvalue weighted by atomic mass is 10.1. The molecule has 0 saturated carbocycles. The molecule has 0 aromatic rings. The lowest BCUT2D eigenvalue weighted by molar-refractivity contribution is 0.221. The summed E-state index contributed by atoms with van der Waals surface area (Å²) in [5.74, 6) is 0. The number of nitrogens with zero attached hydrogens (tertiary/aromatic N) is 2. The van der Waals surface area contributed by atoms with Crippen LogP contribution in [0.1, 0.15) is 44.9 Å². The van der Waals surface area contributed by atoms with Crippen molar-refractivity contribution in [3.8, 4) is 0 Å². The van der Waals surface area contributed by atoms with Crippen LogP contribution in [0, 0.1) is 0 Å². The number of halogens is 1. The molecule has 0 amide bonds. The largest absolute Gasteiger partial charge is 0.282 e. The average Bonchev–Trinajstić information content (AvgIpc) is 2.64. The second kappa shape index (κ2) is 4.93. The maximum Gasteiger partial charge on any atom is 0.282 e. The fourth-order valence-electron chi connectivity index (χ4n) is 3.67. The molecule has 3 aliphatic rings. The summed E-state index contributed by atoms with van der Waals surface area (Å²) in [7, 11) is -3.24. The molecular weight excluding hydrogens is 272 g/mol. The Balaban J connectivity index is 1.81. The third kappa shape index (κ3) is 2.19. The van der Waals surface area contributed by atoms with E-state index in [0.29, 0.717) is 13.1 Å². The van der Waals surface area contributed by atoms with Crippen molar-refractivity contribution in [2.75, 3.05) is 13.1 Å². The average molecular weight is 293 g/mol. The van der Waals surface area contributed by atoms with Crippen molar-refractivity contribution in [2.24, 2.45) is 0 Å². The van der Waals surface area contributed by atoms with Crippen LogP contribution >= 0.6 is 11.6 Å². The van der Waals surface area contributed by atoms with E-state index in [9.17, 15) is 8.42 Å². The molecule has 2 bridgehead atoms. The van der Waals surface area contributed by atoms with Gasteiger partial charge < -0.3 is 0 Å². The summed E-state index contributed by atoms with van der Waals surface area (Å²) < 4.78 is 28.9. The summed E-state index contributed by atoms with van der Waals surface area (Å²) in [6.45, 7) is 1.39. The van der Waals surface area contributed by atoms with Gasteiger partial charge in [-0.1, -0.05) is 6.42 Å². The van der Waals surface area contributed by atoms with Crippen LogP contribution in [0.25, 0.3) is 0 Å². The third-order valence-corrected chi connectivity index (χ3v) is 7.02. The minimum Gasteiger partial charge on any atom is -0.195 e. The van der Waals surface area contributed by atoms with Gasteiger partial charge in [0, 0.05) is 30.6 Å². The molecule has 6 heteroatoms. The SMILES string of the molecule is O=S(=O)(N1CCCCC1)N1C2CCC1CC(Cl)C2. The van der Waals surface area contributed by atoms with E-state index in [-0.39, 0.29) is 17.5 Å². The van der Waals surface area contributed by atoms with Gasteiger partial charge in [-0.15, -0.1) is 11.6 Å². The van der Waals surface area contributed by atoms with Crippen molar-refractivity contribution in [3.05, 3.63) is 0 Å². The summed E-state index contributed by atoms with van der Waals surface area (Å²) in [4.78, 5) is 0. The van der Waals surface area contributed by atoms with E-state index in [1.54, 1.807) is 8.61 Å². The van der Waals surface area contributed by atoms with E-state index < -0.39 is 10.2 Å². The molecule has 3 fully saturated rings. The standard InChI is InChI=1S/C12H21ClN2O2S/c13-10-8-11-4-5-12(9-10)15(11)18(16,17)14-6-2-1-3-7-14/h10-12H,1-9H2. The summed E-state index contributed by atoms with van der Waals surface area (Å²) in [5, 5.41) is 0.162. The highest BCUT2D eigenvalue weighted by Crippen LogP contribution is 2.40. The Labute approximate surface area is 114 Å². The van der Waals surface area contributed by atoms with Crippen LogP contribution in [0.2, 0.25) is 0 Å². The topological polar surface area (TPSA) is 40.6 Å². The minimum atomic E-state index is -3.24. The molecule has 104 valence electrons. The molecule has 0 aromatic carbocycles.